The van der Waals surface area contributed by atoms with Crippen LogP contribution in [0.2, 0.25) is 0 Å². The fourth-order valence-corrected chi connectivity index (χ4v) is 3.00. The van der Waals surface area contributed by atoms with Crippen molar-refractivity contribution in [2.24, 2.45) is 0 Å². The summed E-state index contributed by atoms with van der Waals surface area (Å²) in [6, 6.07) is 3.04. The molecule has 0 N–H and O–H groups in total. The van der Waals surface area contributed by atoms with Gasteiger partial charge >= 0.3 is 0 Å². The fraction of sp³-hybridized carbons (Fsp3) is 0.615. The molecule has 1 fully saturated rings. The van der Waals surface area contributed by atoms with Crippen molar-refractivity contribution in [3.63, 3.8) is 0 Å². The molecule has 4 nitrogen and oxygen atoms in total. The normalized spacial score (nSPS) is 23.6. The van der Waals surface area contributed by atoms with Gasteiger partial charge in [-0.1, -0.05) is 0 Å². The molecule has 5 heteroatoms. The molecular weight excluding hydrogens is 294 g/mol. The maximum atomic E-state index is 5.84. The molecule has 0 amide bonds. The van der Waals surface area contributed by atoms with E-state index in [0.29, 0.717) is 12.1 Å². The highest BCUT2D eigenvalue weighted by molar-refractivity contribution is 9.10. The van der Waals surface area contributed by atoms with Crippen LogP contribution in [0.5, 0.6) is 5.75 Å². The van der Waals surface area contributed by atoms with Crippen molar-refractivity contribution in [2.45, 2.75) is 25.9 Å². The minimum absolute atomic E-state index is 0.433. The minimum atomic E-state index is 0.433. The van der Waals surface area contributed by atoms with Gasteiger partial charge in [-0.2, -0.15) is 0 Å². The van der Waals surface area contributed by atoms with Crippen LogP contribution in [-0.2, 0) is 0 Å². The van der Waals surface area contributed by atoms with E-state index in [9.17, 15) is 0 Å². The summed E-state index contributed by atoms with van der Waals surface area (Å²) in [5, 5.41) is 0. The van der Waals surface area contributed by atoms with Crippen molar-refractivity contribution in [1.82, 2.24) is 9.88 Å². The van der Waals surface area contributed by atoms with Crippen molar-refractivity contribution in [3.05, 3.63) is 16.7 Å². The van der Waals surface area contributed by atoms with Gasteiger partial charge < -0.3 is 9.64 Å². The summed E-state index contributed by atoms with van der Waals surface area (Å²) in [6.45, 7) is 8.47. The lowest BCUT2D eigenvalue weighted by molar-refractivity contribution is 0.140. The van der Waals surface area contributed by atoms with Crippen molar-refractivity contribution >= 4 is 21.7 Å². The van der Waals surface area contributed by atoms with E-state index in [-0.39, 0.29) is 0 Å². The average Bonchev–Trinajstić information content (AvgIpc) is 2.37. The summed E-state index contributed by atoms with van der Waals surface area (Å²) >= 11 is 3.44. The third kappa shape index (κ3) is 2.10. The Morgan fingerprint density at radius 2 is 2.28 bits per heavy atom. The monoisotopic (exact) mass is 311 g/mol. The number of rotatable bonds is 1. The third-order valence-electron chi connectivity index (χ3n) is 3.75. The van der Waals surface area contributed by atoms with Gasteiger partial charge in [0, 0.05) is 36.3 Å². The van der Waals surface area contributed by atoms with E-state index in [4.69, 9.17) is 4.74 Å². The zero-order valence-electron chi connectivity index (χ0n) is 10.8. The highest BCUT2D eigenvalue weighted by Crippen LogP contribution is 2.35. The largest absolute Gasteiger partial charge is 0.487 e. The summed E-state index contributed by atoms with van der Waals surface area (Å²) in [7, 11) is 0. The average molecular weight is 312 g/mol. The molecule has 1 aromatic heterocycles. The van der Waals surface area contributed by atoms with Crippen LogP contribution in [-0.4, -0.2) is 48.2 Å². The van der Waals surface area contributed by atoms with Crippen LogP contribution in [0.3, 0.4) is 0 Å². The quantitative estimate of drug-likeness (QED) is 0.794. The Hall–Kier alpha value is -0.810. The van der Waals surface area contributed by atoms with Crippen LogP contribution in [0.1, 0.15) is 13.8 Å². The van der Waals surface area contributed by atoms with Gasteiger partial charge in [0.1, 0.15) is 6.61 Å². The molecule has 1 atom stereocenters. The molecule has 1 saturated heterocycles. The molecule has 3 heterocycles. The fourth-order valence-electron chi connectivity index (χ4n) is 2.69. The van der Waals surface area contributed by atoms with E-state index in [0.717, 1.165) is 42.3 Å². The van der Waals surface area contributed by atoms with Gasteiger partial charge in [0.15, 0.2) is 11.6 Å². The van der Waals surface area contributed by atoms with Crippen LogP contribution in [0.15, 0.2) is 16.7 Å². The van der Waals surface area contributed by atoms with E-state index in [1.54, 1.807) is 0 Å². The summed E-state index contributed by atoms with van der Waals surface area (Å²) < 4.78 is 6.81. The molecule has 0 saturated carbocycles. The van der Waals surface area contributed by atoms with Crippen LogP contribution in [0, 0.1) is 0 Å². The number of hydrogen-bond donors (Lipinski definition) is 0. The maximum Gasteiger partial charge on any atom is 0.171 e. The summed E-state index contributed by atoms with van der Waals surface area (Å²) in [5.74, 6) is 1.90. The number of hydrogen-bond acceptors (Lipinski definition) is 4. The number of nitrogens with zero attached hydrogens (tertiary/aromatic N) is 3. The van der Waals surface area contributed by atoms with Crippen LogP contribution in [0.25, 0.3) is 0 Å². The number of anilines is 1. The van der Waals surface area contributed by atoms with Gasteiger partial charge in [-0.05, 0) is 35.8 Å². The zero-order chi connectivity index (χ0) is 12.7. The summed E-state index contributed by atoms with van der Waals surface area (Å²) in [6.07, 6.45) is 1.85. The first-order valence-corrected chi connectivity index (χ1v) is 7.23. The standard InChI is InChI=1S/C13H18BrN3O/c1-9(2)16-3-4-17-11(7-16)8-18-12-5-10(14)6-15-13(12)17/h5-6,9,11H,3-4,7-8H2,1-2H3/t11-/m0/s1. The van der Waals surface area contributed by atoms with E-state index in [2.05, 4.69) is 44.6 Å². The van der Waals surface area contributed by atoms with Crippen LogP contribution in [0.4, 0.5) is 5.82 Å². The molecule has 0 spiro atoms. The summed E-state index contributed by atoms with van der Waals surface area (Å²) in [5.41, 5.74) is 0. The number of aromatic nitrogens is 1. The van der Waals surface area contributed by atoms with Crippen molar-refractivity contribution in [2.75, 3.05) is 31.1 Å². The van der Waals surface area contributed by atoms with E-state index in [1.165, 1.54) is 0 Å². The lowest BCUT2D eigenvalue weighted by Crippen LogP contribution is -2.58. The Morgan fingerprint density at radius 3 is 3.06 bits per heavy atom. The number of fused-ring (bicyclic) bond motifs is 3. The third-order valence-corrected chi connectivity index (χ3v) is 4.18. The van der Waals surface area contributed by atoms with Gasteiger partial charge in [0.05, 0.1) is 6.04 Å². The number of piperazine rings is 1. The molecular formula is C13H18BrN3O. The smallest absolute Gasteiger partial charge is 0.171 e. The van der Waals surface area contributed by atoms with Gasteiger partial charge in [0.2, 0.25) is 0 Å². The molecule has 3 rings (SSSR count). The Balaban J connectivity index is 1.84. The number of ether oxygens (including phenoxy) is 1. The second-order valence-corrected chi connectivity index (χ2v) is 6.14. The molecule has 0 unspecified atom stereocenters. The van der Waals surface area contributed by atoms with Crippen molar-refractivity contribution in [1.29, 1.82) is 0 Å². The molecule has 0 radical (unpaired) electrons. The second kappa shape index (κ2) is 4.70. The Kier molecular flexibility index (Phi) is 3.20. The molecule has 98 valence electrons. The predicted octanol–water partition coefficient (Wildman–Crippen LogP) is 2.14. The van der Waals surface area contributed by atoms with E-state index >= 15 is 0 Å². The zero-order valence-corrected chi connectivity index (χ0v) is 12.4. The lowest BCUT2D eigenvalue weighted by atomic mass is 10.1. The van der Waals surface area contributed by atoms with E-state index in [1.807, 2.05) is 12.3 Å². The number of pyridine rings is 1. The van der Waals surface area contributed by atoms with Crippen molar-refractivity contribution in [3.8, 4) is 5.75 Å². The first-order valence-electron chi connectivity index (χ1n) is 6.44. The summed E-state index contributed by atoms with van der Waals surface area (Å²) in [4.78, 5) is 9.41. The molecule has 2 aliphatic heterocycles. The molecule has 0 aliphatic carbocycles. The van der Waals surface area contributed by atoms with Crippen LogP contribution < -0.4 is 9.64 Å². The molecule has 0 bridgehead atoms. The number of halogens is 1. The molecule has 0 aromatic carbocycles. The van der Waals surface area contributed by atoms with Gasteiger partial charge in [0.25, 0.3) is 0 Å². The van der Waals surface area contributed by atoms with Crippen LogP contribution >= 0.6 is 15.9 Å². The highest BCUT2D eigenvalue weighted by atomic mass is 79.9. The predicted molar refractivity (Wildman–Crippen MR) is 75.3 cm³/mol. The Bertz CT molecular complexity index is 452. The Morgan fingerprint density at radius 1 is 1.44 bits per heavy atom. The van der Waals surface area contributed by atoms with Gasteiger partial charge in [-0.25, -0.2) is 4.98 Å². The highest BCUT2D eigenvalue weighted by Gasteiger charge is 2.34. The van der Waals surface area contributed by atoms with Gasteiger partial charge in [-0.3, -0.25) is 4.90 Å². The second-order valence-electron chi connectivity index (χ2n) is 5.22. The first kappa shape index (κ1) is 12.2. The van der Waals surface area contributed by atoms with Crippen molar-refractivity contribution < 1.29 is 4.74 Å². The molecule has 2 aliphatic rings. The lowest BCUT2D eigenvalue weighted by Gasteiger charge is -2.46. The molecule has 1 aromatic rings. The van der Waals surface area contributed by atoms with Gasteiger partial charge in [-0.15, -0.1) is 0 Å². The van der Waals surface area contributed by atoms with E-state index < -0.39 is 0 Å². The SMILES string of the molecule is CC(C)N1CCN2c3ncc(Br)cc3OC[C@@H]2C1. The Labute approximate surface area is 116 Å². The molecule has 18 heavy (non-hydrogen) atoms. The topological polar surface area (TPSA) is 28.6 Å². The first-order chi connectivity index (χ1) is 8.65. The minimum Gasteiger partial charge on any atom is -0.487 e. The maximum absolute atomic E-state index is 5.84.